The van der Waals surface area contributed by atoms with E-state index in [4.69, 9.17) is 0 Å². The van der Waals surface area contributed by atoms with Gasteiger partial charge in [0.2, 0.25) is 0 Å². The monoisotopic (exact) mass is 460 g/mol. The summed E-state index contributed by atoms with van der Waals surface area (Å²) < 4.78 is 0. The molecule has 0 aliphatic heterocycles. The average molecular weight is 462 g/mol. The number of halogens is 2. The van der Waals surface area contributed by atoms with Crippen molar-refractivity contribution in [2.45, 2.75) is 0 Å². The zero-order valence-corrected chi connectivity index (χ0v) is 18.5. The van der Waals surface area contributed by atoms with Gasteiger partial charge in [-0.3, -0.25) is 0 Å². The topological polar surface area (TPSA) is 0 Å². The molecule has 1 heterocycles. The van der Waals surface area contributed by atoms with Crippen molar-refractivity contribution in [1.29, 1.82) is 0 Å². The minimum atomic E-state index is 0. The van der Waals surface area contributed by atoms with Crippen LogP contribution in [0, 0.1) is 6.07 Å². The second kappa shape index (κ2) is 13.3. The van der Waals surface area contributed by atoms with Gasteiger partial charge in [-0.2, -0.15) is 30.3 Å². The van der Waals surface area contributed by atoms with Gasteiger partial charge in [0.05, 0.1) is 0 Å². The summed E-state index contributed by atoms with van der Waals surface area (Å²) in [5.41, 5.74) is 2.59. The maximum atomic E-state index is 3.39. The van der Waals surface area contributed by atoms with E-state index in [1.165, 1.54) is 21.7 Å². The Morgan fingerprint density at radius 3 is 1.68 bits per heavy atom. The van der Waals surface area contributed by atoms with Crippen LogP contribution in [0.1, 0.15) is 0 Å². The summed E-state index contributed by atoms with van der Waals surface area (Å²) in [6.45, 7) is 0. The van der Waals surface area contributed by atoms with Crippen molar-refractivity contribution in [3.8, 4) is 21.7 Å². The third-order valence-electron chi connectivity index (χ3n) is 3.32. The zero-order valence-electron chi connectivity index (χ0n) is 13.5. The summed E-state index contributed by atoms with van der Waals surface area (Å²) in [6.07, 6.45) is 0. The first kappa shape index (κ1) is 24.0. The Morgan fingerprint density at radius 1 is 0.680 bits per heavy atom. The molecule has 3 aromatic carbocycles. The Balaban J connectivity index is 0.000000630. The largest absolute Gasteiger partial charge is 4.00 e. The minimum Gasteiger partial charge on any atom is -1.00 e. The van der Waals surface area contributed by atoms with Crippen molar-refractivity contribution in [2.24, 2.45) is 0 Å². The Labute approximate surface area is 183 Å². The predicted molar refractivity (Wildman–Crippen MR) is 97.7 cm³/mol. The van der Waals surface area contributed by atoms with E-state index in [0.29, 0.717) is 8.19 Å². The smallest absolute Gasteiger partial charge is 1.00 e. The molecule has 1 atom stereocenters. The zero-order chi connectivity index (χ0) is 15.0. The van der Waals surface area contributed by atoms with E-state index < -0.39 is 0 Å². The predicted octanol–water partition coefficient (Wildman–Crippen LogP) is 0.263. The molecule has 0 aliphatic rings. The first-order valence-corrected chi connectivity index (χ1v) is 8.32. The molecule has 0 N–H and O–H groups in total. The molecular weight excluding hydrogens is 445 g/mol. The van der Waals surface area contributed by atoms with E-state index in [1.807, 2.05) is 36.4 Å². The third kappa shape index (κ3) is 7.43. The standard InChI is InChI=1S/C16H12P.C5H5.2ClH.Zr/c1-3-7-13(8-4-1)15-11-12-16(17-15)14-9-5-2-6-10-14;1-2-4-5-3-1;;;/h1-11,17H;1-5H;2*1H;/q2*-1;;;+4/p-2. The van der Waals surface area contributed by atoms with Crippen molar-refractivity contribution >= 4 is 8.19 Å². The van der Waals surface area contributed by atoms with Crippen LogP contribution in [0.3, 0.4) is 0 Å². The van der Waals surface area contributed by atoms with Crippen molar-refractivity contribution in [3.05, 3.63) is 103 Å². The van der Waals surface area contributed by atoms with Crippen LogP contribution in [-0.4, -0.2) is 0 Å². The fraction of sp³-hybridized carbons (Fsp3) is 0. The van der Waals surface area contributed by atoms with Gasteiger partial charge in [-0.15, -0.1) is 23.0 Å². The van der Waals surface area contributed by atoms with Gasteiger partial charge in [-0.25, -0.2) is 20.3 Å². The number of rotatable bonds is 2. The molecule has 124 valence electrons. The molecule has 1 unspecified atom stereocenters. The first-order valence-electron chi connectivity index (χ1n) is 7.32. The summed E-state index contributed by atoms with van der Waals surface area (Å²) in [4.78, 5) is 0. The summed E-state index contributed by atoms with van der Waals surface area (Å²) in [6, 6.07) is 36.6. The van der Waals surface area contributed by atoms with Crippen LogP contribution in [0.15, 0.2) is 97.1 Å². The van der Waals surface area contributed by atoms with Crippen molar-refractivity contribution in [1.82, 2.24) is 0 Å². The molecular formula is C21H17Cl2PZr. The molecule has 1 aromatic heterocycles. The van der Waals surface area contributed by atoms with Gasteiger partial charge in [0.1, 0.15) is 0 Å². The van der Waals surface area contributed by atoms with E-state index >= 15 is 0 Å². The number of hydrogen-bond donors (Lipinski definition) is 0. The quantitative estimate of drug-likeness (QED) is 0.375. The molecule has 0 nitrogen and oxygen atoms in total. The molecule has 4 rings (SSSR count). The summed E-state index contributed by atoms with van der Waals surface area (Å²) >= 11 is 0. The maximum absolute atomic E-state index is 3.39. The SMILES string of the molecule is [Cl-].[Cl-].[Zr+4].[c-]1cc(-c2ccccc2)[pH]c1-c1ccccc1.c1cc[cH-]c1. The molecule has 4 heteroatoms. The fourth-order valence-electron chi connectivity index (χ4n) is 2.21. The Morgan fingerprint density at radius 2 is 1.20 bits per heavy atom. The maximum Gasteiger partial charge on any atom is 4.00 e. The van der Waals surface area contributed by atoms with Gasteiger partial charge < -0.3 is 24.8 Å². The molecule has 4 aromatic rings. The van der Waals surface area contributed by atoms with Gasteiger partial charge in [-0.05, 0) is 0 Å². The summed E-state index contributed by atoms with van der Waals surface area (Å²) in [5, 5.41) is 2.69. The van der Waals surface area contributed by atoms with Gasteiger partial charge in [0.15, 0.2) is 0 Å². The van der Waals surface area contributed by atoms with Crippen molar-refractivity contribution in [2.75, 3.05) is 0 Å². The van der Waals surface area contributed by atoms with Crippen LogP contribution in [0.5, 0.6) is 0 Å². The molecule has 0 spiro atoms. The summed E-state index contributed by atoms with van der Waals surface area (Å²) in [5.74, 6) is 0. The fourth-order valence-corrected chi connectivity index (χ4v) is 3.39. The van der Waals surface area contributed by atoms with Crippen molar-refractivity contribution < 1.29 is 51.0 Å². The summed E-state index contributed by atoms with van der Waals surface area (Å²) in [7, 11) is 0.712. The molecule has 0 bridgehead atoms. The molecule has 0 aliphatic carbocycles. The van der Waals surface area contributed by atoms with Crippen LogP contribution in [-0.2, 0) is 26.2 Å². The second-order valence-corrected chi connectivity index (χ2v) is 6.19. The molecule has 0 radical (unpaired) electrons. The van der Waals surface area contributed by atoms with Crippen LogP contribution in [0.4, 0.5) is 0 Å². The first-order chi connectivity index (χ1) is 10.9. The van der Waals surface area contributed by atoms with Gasteiger partial charge >= 0.3 is 26.2 Å². The van der Waals surface area contributed by atoms with Gasteiger partial charge in [0, 0.05) is 0 Å². The Hall–Kier alpha value is -0.967. The molecule has 0 fully saturated rings. The van der Waals surface area contributed by atoms with Gasteiger partial charge in [-0.1, -0.05) is 59.4 Å². The van der Waals surface area contributed by atoms with Crippen LogP contribution < -0.4 is 24.8 Å². The van der Waals surface area contributed by atoms with E-state index in [0.717, 1.165) is 0 Å². The third-order valence-corrected chi connectivity index (χ3v) is 4.71. The van der Waals surface area contributed by atoms with Crippen LogP contribution in [0.2, 0.25) is 0 Å². The second-order valence-electron chi connectivity index (χ2n) is 4.90. The Kier molecular flexibility index (Phi) is 12.8. The van der Waals surface area contributed by atoms with E-state index in [2.05, 4.69) is 66.7 Å². The normalized spacial score (nSPS) is 8.96. The number of hydrogen-bond acceptors (Lipinski definition) is 0. The molecule has 0 saturated heterocycles. The van der Waals surface area contributed by atoms with Crippen LogP contribution >= 0.6 is 8.19 Å². The average Bonchev–Trinajstić information content (AvgIpc) is 3.31. The minimum absolute atomic E-state index is 0. The van der Waals surface area contributed by atoms with E-state index in [9.17, 15) is 0 Å². The van der Waals surface area contributed by atoms with Crippen LogP contribution in [0.25, 0.3) is 21.7 Å². The number of benzene rings is 2. The van der Waals surface area contributed by atoms with E-state index in [-0.39, 0.29) is 51.0 Å². The molecule has 0 amide bonds. The van der Waals surface area contributed by atoms with Crippen molar-refractivity contribution in [3.63, 3.8) is 0 Å². The molecule has 25 heavy (non-hydrogen) atoms. The van der Waals surface area contributed by atoms with Gasteiger partial charge in [0.25, 0.3) is 0 Å². The molecule has 0 saturated carbocycles. The van der Waals surface area contributed by atoms with E-state index in [1.54, 1.807) is 0 Å². The Bertz CT molecular complexity index is 710.